The Labute approximate surface area is 123 Å². The summed E-state index contributed by atoms with van der Waals surface area (Å²) in [5.74, 6) is 0.920. The van der Waals surface area contributed by atoms with Crippen LogP contribution >= 0.6 is 11.8 Å². The zero-order valence-electron chi connectivity index (χ0n) is 11.2. The number of hydrogen-bond donors (Lipinski definition) is 2. The van der Waals surface area contributed by atoms with Gasteiger partial charge in [-0.05, 0) is 42.7 Å². The van der Waals surface area contributed by atoms with Gasteiger partial charge in [-0.1, -0.05) is 0 Å². The number of benzene rings is 1. The van der Waals surface area contributed by atoms with E-state index in [1.54, 1.807) is 36.2 Å². The van der Waals surface area contributed by atoms with Gasteiger partial charge >= 0.3 is 0 Å². The lowest BCUT2D eigenvalue weighted by Gasteiger charge is -2.10. The highest BCUT2D eigenvalue weighted by atomic mass is 32.2. The van der Waals surface area contributed by atoms with Gasteiger partial charge in [0.15, 0.2) is 0 Å². The minimum absolute atomic E-state index is 0.173. The first kappa shape index (κ1) is 15.1. The number of thioether (sulfide) groups is 1. The predicted molar refractivity (Wildman–Crippen MR) is 84.3 cm³/mol. The Morgan fingerprint density at radius 2 is 2.15 bits per heavy atom. The fourth-order valence-corrected chi connectivity index (χ4v) is 3.55. The van der Waals surface area contributed by atoms with Crippen LogP contribution in [0.4, 0.5) is 5.69 Å². The Hall–Kier alpha value is -1.31. The van der Waals surface area contributed by atoms with E-state index in [-0.39, 0.29) is 4.90 Å². The van der Waals surface area contributed by atoms with E-state index in [2.05, 4.69) is 9.71 Å². The van der Waals surface area contributed by atoms with Gasteiger partial charge in [0.25, 0.3) is 0 Å². The Morgan fingerprint density at radius 3 is 2.90 bits per heavy atom. The molecule has 0 amide bonds. The maximum atomic E-state index is 12.3. The van der Waals surface area contributed by atoms with Gasteiger partial charge in [-0.2, -0.15) is 11.8 Å². The maximum absolute atomic E-state index is 12.3. The van der Waals surface area contributed by atoms with Crippen LogP contribution < -0.4 is 10.5 Å². The molecular weight excluding hydrogens is 294 g/mol. The molecule has 0 radical (unpaired) electrons. The van der Waals surface area contributed by atoms with Gasteiger partial charge in [0, 0.05) is 23.8 Å². The summed E-state index contributed by atoms with van der Waals surface area (Å²) < 4.78 is 27.2. The molecule has 1 aromatic heterocycles. The molecule has 0 spiro atoms. The quantitative estimate of drug-likeness (QED) is 0.628. The monoisotopic (exact) mass is 311 g/mol. The molecule has 2 aromatic rings. The van der Waals surface area contributed by atoms with E-state index < -0.39 is 10.0 Å². The molecule has 0 aliphatic carbocycles. The number of anilines is 1. The van der Waals surface area contributed by atoms with Gasteiger partial charge < -0.3 is 5.73 Å². The molecule has 5 nitrogen and oxygen atoms in total. The van der Waals surface area contributed by atoms with Gasteiger partial charge in [-0.15, -0.1) is 0 Å². The van der Waals surface area contributed by atoms with E-state index in [1.807, 2.05) is 6.26 Å². The van der Waals surface area contributed by atoms with Crippen LogP contribution in [0.15, 0.2) is 35.4 Å². The van der Waals surface area contributed by atoms with Crippen LogP contribution in [0.25, 0.3) is 10.9 Å². The number of hydrogen-bond acceptors (Lipinski definition) is 5. The van der Waals surface area contributed by atoms with Crippen LogP contribution in [0.3, 0.4) is 0 Å². The van der Waals surface area contributed by atoms with Crippen molar-refractivity contribution in [3.05, 3.63) is 30.5 Å². The molecular formula is C13H17N3O2S2. The maximum Gasteiger partial charge on any atom is 0.242 e. The molecule has 1 aromatic carbocycles. The summed E-state index contributed by atoms with van der Waals surface area (Å²) in [5.41, 5.74) is 6.78. The average molecular weight is 311 g/mol. The van der Waals surface area contributed by atoms with Crippen LogP contribution in [0.1, 0.15) is 6.42 Å². The Kier molecular flexibility index (Phi) is 4.85. The second-order valence-corrected chi connectivity index (χ2v) is 7.02. The standard InChI is InChI=1S/C13H17N3O2S2/c1-19-9-3-8-16-20(17,18)12-6-5-11(14)10-4-2-7-15-13(10)12/h2,4-7,16H,3,8-9,14H2,1H3. The lowest BCUT2D eigenvalue weighted by molar-refractivity contribution is 0.582. The van der Waals surface area contributed by atoms with E-state index in [0.29, 0.717) is 23.1 Å². The highest BCUT2D eigenvalue weighted by Gasteiger charge is 2.18. The van der Waals surface area contributed by atoms with Crippen molar-refractivity contribution in [1.82, 2.24) is 9.71 Å². The number of nitrogen functional groups attached to an aromatic ring is 1. The fraction of sp³-hybridized carbons (Fsp3) is 0.308. The third-order valence-corrected chi connectivity index (χ3v) is 5.06. The van der Waals surface area contributed by atoms with Gasteiger partial charge in [0.2, 0.25) is 10.0 Å². The number of nitrogens with one attached hydrogen (secondary N) is 1. The van der Waals surface area contributed by atoms with E-state index in [0.717, 1.165) is 12.2 Å². The van der Waals surface area contributed by atoms with Crippen LogP contribution in [0, 0.1) is 0 Å². The molecule has 20 heavy (non-hydrogen) atoms. The summed E-state index contributed by atoms with van der Waals surface area (Å²) in [7, 11) is -3.56. The third-order valence-electron chi connectivity index (χ3n) is 2.87. The summed E-state index contributed by atoms with van der Waals surface area (Å²) in [6, 6.07) is 6.60. The highest BCUT2D eigenvalue weighted by Crippen LogP contribution is 2.25. The molecule has 0 aliphatic rings. The van der Waals surface area contributed by atoms with E-state index in [9.17, 15) is 8.42 Å². The first-order chi connectivity index (χ1) is 9.56. The van der Waals surface area contributed by atoms with Crippen molar-refractivity contribution in [3.8, 4) is 0 Å². The zero-order valence-corrected chi connectivity index (χ0v) is 12.8. The number of sulfonamides is 1. The van der Waals surface area contributed by atoms with Gasteiger partial charge in [0.05, 0.1) is 5.52 Å². The normalized spacial score (nSPS) is 11.8. The van der Waals surface area contributed by atoms with Crippen molar-refractivity contribution in [1.29, 1.82) is 0 Å². The summed E-state index contributed by atoms with van der Waals surface area (Å²) in [6.07, 6.45) is 4.35. The van der Waals surface area contributed by atoms with Gasteiger partial charge in [-0.25, -0.2) is 13.1 Å². The molecule has 2 rings (SSSR count). The lowest BCUT2D eigenvalue weighted by Crippen LogP contribution is -2.25. The fourth-order valence-electron chi connectivity index (χ4n) is 1.89. The second kappa shape index (κ2) is 6.43. The SMILES string of the molecule is CSCCCNS(=O)(=O)c1ccc(N)c2cccnc12. The molecule has 0 bridgehead atoms. The number of aromatic nitrogens is 1. The van der Waals surface area contributed by atoms with Crippen molar-refractivity contribution in [3.63, 3.8) is 0 Å². The van der Waals surface area contributed by atoms with E-state index >= 15 is 0 Å². The van der Waals surface area contributed by atoms with Gasteiger partial charge in [-0.3, -0.25) is 4.98 Å². The average Bonchev–Trinajstić information content (AvgIpc) is 2.44. The van der Waals surface area contributed by atoms with Crippen molar-refractivity contribution in [2.24, 2.45) is 0 Å². The largest absolute Gasteiger partial charge is 0.398 e. The Bertz CT molecular complexity index is 702. The summed E-state index contributed by atoms with van der Waals surface area (Å²) >= 11 is 1.69. The summed E-state index contributed by atoms with van der Waals surface area (Å²) in [4.78, 5) is 4.32. The molecule has 0 atom stereocenters. The molecule has 0 fully saturated rings. The lowest BCUT2D eigenvalue weighted by atomic mass is 10.2. The van der Waals surface area contributed by atoms with Gasteiger partial charge in [0.1, 0.15) is 4.90 Å². The number of pyridine rings is 1. The zero-order chi connectivity index (χ0) is 14.6. The Morgan fingerprint density at radius 1 is 1.35 bits per heavy atom. The number of fused-ring (bicyclic) bond motifs is 1. The van der Waals surface area contributed by atoms with Crippen LogP contribution in [-0.2, 0) is 10.0 Å². The molecule has 0 saturated heterocycles. The predicted octanol–water partition coefficient (Wildman–Crippen LogP) is 1.85. The second-order valence-electron chi connectivity index (χ2n) is 4.30. The van der Waals surface area contributed by atoms with Crippen molar-refractivity contribution >= 4 is 38.4 Å². The summed E-state index contributed by atoms with van der Waals surface area (Å²) in [6.45, 7) is 0.419. The Balaban J connectivity index is 2.35. The highest BCUT2D eigenvalue weighted by molar-refractivity contribution is 7.98. The minimum Gasteiger partial charge on any atom is -0.398 e. The molecule has 0 saturated carbocycles. The van der Waals surface area contributed by atoms with E-state index in [4.69, 9.17) is 5.73 Å². The molecule has 1 heterocycles. The van der Waals surface area contributed by atoms with Crippen molar-refractivity contribution < 1.29 is 8.42 Å². The number of rotatable bonds is 6. The van der Waals surface area contributed by atoms with Crippen LogP contribution in [0.5, 0.6) is 0 Å². The molecule has 108 valence electrons. The molecule has 0 aliphatic heterocycles. The van der Waals surface area contributed by atoms with Crippen LogP contribution in [0.2, 0.25) is 0 Å². The summed E-state index contributed by atoms with van der Waals surface area (Å²) in [5, 5.41) is 0.652. The van der Waals surface area contributed by atoms with Crippen molar-refractivity contribution in [2.45, 2.75) is 11.3 Å². The van der Waals surface area contributed by atoms with E-state index in [1.165, 1.54) is 6.07 Å². The number of nitrogens with zero attached hydrogens (tertiary/aromatic N) is 1. The third kappa shape index (κ3) is 3.23. The smallest absolute Gasteiger partial charge is 0.242 e. The molecule has 3 N–H and O–H groups in total. The first-order valence-corrected chi connectivity index (χ1v) is 9.06. The number of nitrogens with two attached hydrogens (primary N) is 1. The molecule has 7 heteroatoms. The first-order valence-electron chi connectivity index (χ1n) is 6.18. The topological polar surface area (TPSA) is 85.1 Å². The molecule has 0 unspecified atom stereocenters. The van der Waals surface area contributed by atoms with Crippen molar-refractivity contribution in [2.75, 3.05) is 24.3 Å². The van der Waals surface area contributed by atoms with Crippen LogP contribution in [-0.4, -0.2) is 32.0 Å². The minimum atomic E-state index is -3.56.